The number of hydrogen-bond donors (Lipinski definition) is 1. The van der Waals surface area contributed by atoms with Gasteiger partial charge in [0, 0.05) is 6.42 Å². The van der Waals surface area contributed by atoms with Gasteiger partial charge in [0.15, 0.2) is 11.5 Å². The normalized spacial score (nSPS) is 10.6. The van der Waals surface area contributed by atoms with E-state index >= 15 is 0 Å². The number of nitrogens with zero attached hydrogens (tertiary/aromatic N) is 2. The molecule has 124 valence electrons. The number of aryl methyl sites for hydroxylation is 1. The summed E-state index contributed by atoms with van der Waals surface area (Å²) in [6, 6.07) is 13.4. The van der Waals surface area contributed by atoms with Crippen molar-refractivity contribution < 1.29 is 9.47 Å². The molecule has 6 heteroatoms. The number of H-pyrrole nitrogens is 1. The van der Waals surface area contributed by atoms with Crippen LogP contribution in [0.25, 0.3) is 5.69 Å². The molecule has 1 heterocycles. The highest BCUT2D eigenvalue weighted by Crippen LogP contribution is 2.28. The van der Waals surface area contributed by atoms with Gasteiger partial charge in [-0.25, -0.2) is 14.5 Å². The Morgan fingerprint density at radius 3 is 2.58 bits per heavy atom. The third-order valence-electron chi connectivity index (χ3n) is 3.81. The predicted octanol–water partition coefficient (Wildman–Crippen LogP) is 2.48. The Morgan fingerprint density at radius 2 is 1.88 bits per heavy atom. The van der Waals surface area contributed by atoms with E-state index in [1.165, 1.54) is 0 Å². The van der Waals surface area contributed by atoms with Crippen LogP contribution in [0.1, 0.15) is 17.0 Å². The van der Waals surface area contributed by atoms with Crippen LogP contribution in [0.4, 0.5) is 0 Å². The summed E-state index contributed by atoms with van der Waals surface area (Å²) < 4.78 is 12.2. The van der Waals surface area contributed by atoms with E-state index in [0.717, 1.165) is 16.8 Å². The number of nitrogens with one attached hydrogen (secondary N) is 1. The van der Waals surface area contributed by atoms with E-state index in [1.54, 1.807) is 18.8 Å². The maximum absolute atomic E-state index is 12.2. The van der Waals surface area contributed by atoms with Crippen LogP contribution in [0.3, 0.4) is 0 Å². The van der Waals surface area contributed by atoms with Gasteiger partial charge in [0.25, 0.3) is 0 Å². The van der Waals surface area contributed by atoms with Crippen molar-refractivity contribution in [2.24, 2.45) is 0 Å². The van der Waals surface area contributed by atoms with Gasteiger partial charge in [-0.1, -0.05) is 18.2 Å². The van der Waals surface area contributed by atoms with E-state index in [1.807, 2.05) is 49.4 Å². The van der Waals surface area contributed by atoms with Gasteiger partial charge < -0.3 is 9.47 Å². The number of rotatable bonds is 5. The first-order valence-corrected chi connectivity index (χ1v) is 7.56. The van der Waals surface area contributed by atoms with Crippen molar-refractivity contribution in [3.05, 3.63) is 69.9 Å². The highest BCUT2D eigenvalue weighted by molar-refractivity contribution is 5.44. The number of ether oxygens (including phenoxy) is 2. The van der Waals surface area contributed by atoms with E-state index in [0.29, 0.717) is 23.7 Å². The summed E-state index contributed by atoms with van der Waals surface area (Å²) in [6.45, 7) is 1.99. The molecular formula is C18H19N3O3. The number of hydrogen-bond acceptors (Lipinski definition) is 4. The maximum atomic E-state index is 12.2. The number of benzene rings is 2. The fraction of sp³-hybridized carbons (Fsp3) is 0.222. The third-order valence-corrected chi connectivity index (χ3v) is 3.81. The van der Waals surface area contributed by atoms with Crippen LogP contribution < -0.4 is 15.2 Å². The molecule has 6 nitrogen and oxygen atoms in total. The van der Waals surface area contributed by atoms with E-state index in [9.17, 15) is 4.79 Å². The van der Waals surface area contributed by atoms with Crippen molar-refractivity contribution >= 4 is 0 Å². The van der Waals surface area contributed by atoms with Gasteiger partial charge in [-0.3, -0.25) is 0 Å². The summed E-state index contributed by atoms with van der Waals surface area (Å²) in [5, 5.41) is 6.70. The van der Waals surface area contributed by atoms with Crippen LogP contribution in [0.5, 0.6) is 11.5 Å². The topological polar surface area (TPSA) is 69.1 Å². The van der Waals surface area contributed by atoms with Crippen LogP contribution in [0, 0.1) is 6.92 Å². The van der Waals surface area contributed by atoms with Gasteiger partial charge in [-0.05, 0) is 42.3 Å². The van der Waals surface area contributed by atoms with Gasteiger partial charge >= 0.3 is 5.69 Å². The second kappa shape index (κ2) is 6.62. The van der Waals surface area contributed by atoms with Gasteiger partial charge in [0.05, 0.1) is 19.9 Å². The SMILES string of the molecule is COc1ccc(Cc2n[nH]c(=O)n2-c2cccc(C)c2)cc1OC. The minimum Gasteiger partial charge on any atom is -0.493 e. The molecule has 0 aliphatic heterocycles. The second-order valence-electron chi connectivity index (χ2n) is 5.49. The molecule has 24 heavy (non-hydrogen) atoms. The smallest absolute Gasteiger partial charge is 0.347 e. The molecule has 0 atom stereocenters. The van der Waals surface area contributed by atoms with E-state index in [2.05, 4.69) is 10.2 Å². The fourth-order valence-electron chi connectivity index (χ4n) is 2.65. The molecule has 0 saturated carbocycles. The third kappa shape index (κ3) is 3.03. The summed E-state index contributed by atoms with van der Waals surface area (Å²) in [5.74, 6) is 1.95. The van der Waals surface area contributed by atoms with E-state index in [-0.39, 0.29) is 5.69 Å². The fourth-order valence-corrected chi connectivity index (χ4v) is 2.65. The lowest BCUT2D eigenvalue weighted by Crippen LogP contribution is -2.17. The van der Waals surface area contributed by atoms with Crippen LogP contribution in [0.15, 0.2) is 47.3 Å². The Balaban J connectivity index is 1.99. The van der Waals surface area contributed by atoms with Gasteiger partial charge in [-0.2, -0.15) is 5.10 Å². The summed E-state index contributed by atoms with van der Waals surface area (Å²) >= 11 is 0. The molecule has 2 aromatic carbocycles. The molecular weight excluding hydrogens is 306 g/mol. The first-order chi connectivity index (χ1) is 11.6. The summed E-state index contributed by atoms with van der Waals surface area (Å²) in [5.41, 5.74) is 2.60. The maximum Gasteiger partial charge on any atom is 0.347 e. The molecule has 0 bridgehead atoms. The Labute approximate surface area is 139 Å². The molecule has 3 rings (SSSR count). The average Bonchev–Trinajstić information content (AvgIpc) is 2.95. The van der Waals surface area contributed by atoms with Crippen LogP contribution in [0.2, 0.25) is 0 Å². The zero-order valence-corrected chi connectivity index (χ0v) is 13.9. The molecule has 0 saturated heterocycles. The van der Waals surface area contributed by atoms with Crippen molar-refractivity contribution in [1.29, 1.82) is 0 Å². The molecule has 3 aromatic rings. The standard InChI is InChI=1S/C18H19N3O3/c1-12-5-4-6-14(9-12)21-17(19-20-18(21)22)11-13-7-8-15(23-2)16(10-13)24-3/h4-10H,11H2,1-3H3,(H,20,22). The van der Waals surface area contributed by atoms with Crippen LogP contribution in [-0.2, 0) is 6.42 Å². The minimum atomic E-state index is -0.254. The quantitative estimate of drug-likeness (QED) is 0.782. The molecule has 0 aliphatic rings. The van der Waals surface area contributed by atoms with Gasteiger partial charge in [0.1, 0.15) is 5.82 Å². The highest BCUT2D eigenvalue weighted by atomic mass is 16.5. The summed E-state index contributed by atoms with van der Waals surface area (Å²) in [6.07, 6.45) is 0.493. The van der Waals surface area contributed by atoms with Crippen molar-refractivity contribution in [1.82, 2.24) is 14.8 Å². The molecule has 1 aromatic heterocycles. The van der Waals surface area contributed by atoms with E-state index in [4.69, 9.17) is 9.47 Å². The Morgan fingerprint density at radius 1 is 1.08 bits per heavy atom. The molecule has 0 fully saturated rings. The van der Waals surface area contributed by atoms with Crippen molar-refractivity contribution in [2.45, 2.75) is 13.3 Å². The zero-order chi connectivity index (χ0) is 17.1. The lowest BCUT2D eigenvalue weighted by Gasteiger charge is -2.10. The number of methoxy groups -OCH3 is 2. The number of aromatic nitrogens is 3. The highest BCUT2D eigenvalue weighted by Gasteiger charge is 2.13. The Bertz CT molecular complexity index is 912. The summed E-state index contributed by atoms with van der Waals surface area (Å²) in [4.78, 5) is 12.2. The Kier molecular flexibility index (Phi) is 4.37. The Hall–Kier alpha value is -3.02. The van der Waals surface area contributed by atoms with Crippen molar-refractivity contribution in [2.75, 3.05) is 14.2 Å². The minimum absolute atomic E-state index is 0.254. The molecule has 1 N–H and O–H groups in total. The van der Waals surface area contributed by atoms with Crippen molar-refractivity contribution in [3.63, 3.8) is 0 Å². The number of aromatic amines is 1. The molecule has 0 unspecified atom stereocenters. The zero-order valence-electron chi connectivity index (χ0n) is 13.9. The molecule has 0 radical (unpaired) electrons. The van der Waals surface area contributed by atoms with Gasteiger partial charge in [-0.15, -0.1) is 0 Å². The molecule has 0 spiro atoms. The van der Waals surface area contributed by atoms with Crippen LogP contribution >= 0.6 is 0 Å². The van der Waals surface area contributed by atoms with Crippen LogP contribution in [-0.4, -0.2) is 29.0 Å². The monoisotopic (exact) mass is 325 g/mol. The first-order valence-electron chi connectivity index (χ1n) is 7.56. The predicted molar refractivity (Wildman–Crippen MR) is 91.3 cm³/mol. The van der Waals surface area contributed by atoms with Crippen molar-refractivity contribution in [3.8, 4) is 17.2 Å². The van der Waals surface area contributed by atoms with E-state index < -0.39 is 0 Å². The largest absolute Gasteiger partial charge is 0.493 e. The lowest BCUT2D eigenvalue weighted by atomic mass is 10.1. The average molecular weight is 325 g/mol. The second-order valence-corrected chi connectivity index (χ2v) is 5.49. The van der Waals surface area contributed by atoms with Gasteiger partial charge in [0.2, 0.25) is 0 Å². The lowest BCUT2D eigenvalue weighted by molar-refractivity contribution is 0.354. The molecule has 0 amide bonds. The molecule has 0 aliphatic carbocycles. The first kappa shape index (κ1) is 15.9. The summed E-state index contributed by atoms with van der Waals surface area (Å²) in [7, 11) is 3.19.